The lowest BCUT2D eigenvalue weighted by Gasteiger charge is -1.97. The van der Waals surface area contributed by atoms with Crippen molar-refractivity contribution < 1.29 is 13.9 Å². The highest BCUT2D eigenvalue weighted by molar-refractivity contribution is 5.49. The maximum absolute atomic E-state index is 12.4. The second-order valence-electron chi connectivity index (χ2n) is 2.04. The molecule has 0 atom stereocenters. The first-order valence-corrected chi connectivity index (χ1v) is 2.95. The average molecular weight is 156 g/mol. The summed E-state index contributed by atoms with van der Waals surface area (Å²) in [5.74, 6) is -2.99. The molecule has 1 N–H and O–H groups in total. The monoisotopic (exact) mass is 156 g/mol. The number of phenolic OH excluding ortho intramolecular Hbond substituents is 1. The lowest BCUT2D eigenvalue weighted by Crippen LogP contribution is -1.85. The van der Waals surface area contributed by atoms with E-state index in [0.29, 0.717) is 5.56 Å². The SMILES string of the molecule is C=Cc1cc(O)c(F)c(F)c1. The van der Waals surface area contributed by atoms with Crippen molar-refractivity contribution in [3.8, 4) is 5.75 Å². The highest BCUT2D eigenvalue weighted by Gasteiger charge is 2.07. The standard InChI is InChI=1S/C8H6F2O/c1-2-5-3-6(9)8(10)7(11)4-5/h2-4,11H,1H2. The Balaban J connectivity index is 3.31. The number of hydrogen-bond donors (Lipinski definition) is 1. The molecule has 0 aliphatic carbocycles. The van der Waals surface area contributed by atoms with Gasteiger partial charge in [0.1, 0.15) is 0 Å². The van der Waals surface area contributed by atoms with E-state index >= 15 is 0 Å². The summed E-state index contributed by atoms with van der Waals surface area (Å²) < 4.78 is 24.8. The van der Waals surface area contributed by atoms with Gasteiger partial charge in [0.15, 0.2) is 17.4 Å². The van der Waals surface area contributed by atoms with E-state index in [0.717, 1.165) is 12.1 Å². The molecule has 0 fully saturated rings. The van der Waals surface area contributed by atoms with E-state index in [1.807, 2.05) is 0 Å². The molecule has 0 amide bonds. The minimum absolute atomic E-state index is 0.349. The van der Waals surface area contributed by atoms with Gasteiger partial charge in [-0.3, -0.25) is 0 Å². The van der Waals surface area contributed by atoms with Gasteiger partial charge in [-0.05, 0) is 17.7 Å². The third-order valence-corrected chi connectivity index (χ3v) is 1.27. The third kappa shape index (κ3) is 1.37. The molecule has 1 aromatic rings. The Hall–Kier alpha value is -1.38. The summed E-state index contributed by atoms with van der Waals surface area (Å²) in [6, 6.07) is 2.06. The summed E-state index contributed by atoms with van der Waals surface area (Å²) in [6.45, 7) is 3.34. The molecule has 0 saturated carbocycles. The van der Waals surface area contributed by atoms with Crippen molar-refractivity contribution in [3.05, 3.63) is 35.9 Å². The number of aromatic hydroxyl groups is 1. The van der Waals surface area contributed by atoms with Crippen LogP contribution in [0.4, 0.5) is 8.78 Å². The summed E-state index contributed by atoms with van der Waals surface area (Å²) in [5.41, 5.74) is 0.349. The lowest BCUT2D eigenvalue weighted by molar-refractivity contribution is 0.407. The van der Waals surface area contributed by atoms with Crippen LogP contribution in [0.25, 0.3) is 6.08 Å². The lowest BCUT2D eigenvalue weighted by atomic mass is 10.2. The Bertz CT molecular complexity index is 271. The molecule has 0 unspecified atom stereocenters. The first-order valence-electron chi connectivity index (χ1n) is 2.95. The van der Waals surface area contributed by atoms with Crippen LogP contribution in [0.3, 0.4) is 0 Å². The Morgan fingerprint density at radius 1 is 1.36 bits per heavy atom. The van der Waals surface area contributed by atoms with Crippen LogP contribution < -0.4 is 0 Å². The molecule has 1 rings (SSSR count). The van der Waals surface area contributed by atoms with E-state index in [9.17, 15) is 8.78 Å². The van der Waals surface area contributed by atoms with Gasteiger partial charge in [-0.2, -0.15) is 4.39 Å². The minimum atomic E-state index is -1.23. The van der Waals surface area contributed by atoms with Crippen LogP contribution in [-0.2, 0) is 0 Å². The topological polar surface area (TPSA) is 20.2 Å². The molecule has 0 saturated heterocycles. The summed E-state index contributed by atoms with van der Waals surface area (Å²) >= 11 is 0. The third-order valence-electron chi connectivity index (χ3n) is 1.27. The van der Waals surface area contributed by atoms with Gasteiger partial charge >= 0.3 is 0 Å². The number of rotatable bonds is 1. The summed E-state index contributed by atoms with van der Waals surface area (Å²) in [4.78, 5) is 0. The summed E-state index contributed by atoms with van der Waals surface area (Å²) in [6.07, 6.45) is 1.32. The fourth-order valence-corrected chi connectivity index (χ4v) is 0.713. The molecule has 0 bridgehead atoms. The molecule has 0 heterocycles. The van der Waals surface area contributed by atoms with Gasteiger partial charge < -0.3 is 5.11 Å². The van der Waals surface area contributed by atoms with Crippen LogP contribution in [0.5, 0.6) is 5.75 Å². The first kappa shape index (κ1) is 7.72. The van der Waals surface area contributed by atoms with Gasteiger partial charge in [0.25, 0.3) is 0 Å². The quantitative estimate of drug-likeness (QED) is 0.661. The molecule has 0 aliphatic heterocycles. The van der Waals surface area contributed by atoms with Crippen molar-refractivity contribution in [2.75, 3.05) is 0 Å². The highest BCUT2D eigenvalue weighted by Crippen LogP contribution is 2.20. The molecule has 1 aromatic carbocycles. The van der Waals surface area contributed by atoms with E-state index in [1.54, 1.807) is 0 Å². The molecule has 58 valence electrons. The predicted octanol–water partition coefficient (Wildman–Crippen LogP) is 2.31. The summed E-state index contributed by atoms with van der Waals surface area (Å²) in [7, 11) is 0. The normalized spacial score (nSPS) is 9.64. The molecule has 3 heteroatoms. The van der Waals surface area contributed by atoms with Crippen LogP contribution in [0.2, 0.25) is 0 Å². The molecular weight excluding hydrogens is 150 g/mol. The van der Waals surface area contributed by atoms with Gasteiger partial charge in [-0.25, -0.2) is 4.39 Å². The van der Waals surface area contributed by atoms with Crippen LogP contribution >= 0.6 is 0 Å². The fraction of sp³-hybridized carbons (Fsp3) is 0. The van der Waals surface area contributed by atoms with Crippen molar-refractivity contribution in [2.45, 2.75) is 0 Å². The number of benzene rings is 1. The van der Waals surface area contributed by atoms with E-state index in [4.69, 9.17) is 5.11 Å². The second kappa shape index (κ2) is 2.70. The van der Waals surface area contributed by atoms with Crippen molar-refractivity contribution in [1.29, 1.82) is 0 Å². The zero-order chi connectivity index (χ0) is 8.43. The maximum atomic E-state index is 12.4. The Kier molecular flexibility index (Phi) is 1.89. The van der Waals surface area contributed by atoms with Crippen molar-refractivity contribution in [2.24, 2.45) is 0 Å². The van der Waals surface area contributed by atoms with Crippen molar-refractivity contribution >= 4 is 6.08 Å². The van der Waals surface area contributed by atoms with Gasteiger partial charge in [0.05, 0.1) is 0 Å². The molecular formula is C8H6F2O. The van der Waals surface area contributed by atoms with Crippen LogP contribution in [0, 0.1) is 11.6 Å². The molecule has 11 heavy (non-hydrogen) atoms. The van der Waals surface area contributed by atoms with Crippen LogP contribution in [0.15, 0.2) is 18.7 Å². The molecule has 0 spiro atoms. The first-order chi connectivity index (χ1) is 5.15. The minimum Gasteiger partial charge on any atom is -0.505 e. The van der Waals surface area contributed by atoms with Gasteiger partial charge in [0.2, 0.25) is 0 Å². The van der Waals surface area contributed by atoms with Crippen LogP contribution in [-0.4, -0.2) is 5.11 Å². The Labute approximate surface area is 62.6 Å². The maximum Gasteiger partial charge on any atom is 0.200 e. The predicted molar refractivity (Wildman–Crippen MR) is 38.1 cm³/mol. The fourth-order valence-electron chi connectivity index (χ4n) is 0.713. The molecule has 1 nitrogen and oxygen atoms in total. The molecule has 0 radical (unpaired) electrons. The van der Waals surface area contributed by atoms with Gasteiger partial charge in [-0.15, -0.1) is 0 Å². The zero-order valence-electron chi connectivity index (χ0n) is 5.64. The van der Waals surface area contributed by atoms with E-state index in [1.165, 1.54) is 6.08 Å². The Morgan fingerprint density at radius 3 is 2.45 bits per heavy atom. The molecule has 0 aliphatic rings. The van der Waals surface area contributed by atoms with Gasteiger partial charge in [0, 0.05) is 0 Å². The van der Waals surface area contributed by atoms with E-state index in [-0.39, 0.29) is 0 Å². The van der Waals surface area contributed by atoms with Crippen molar-refractivity contribution in [3.63, 3.8) is 0 Å². The number of phenols is 1. The Morgan fingerprint density at radius 2 is 2.00 bits per heavy atom. The van der Waals surface area contributed by atoms with Gasteiger partial charge in [-0.1, -0.05) is 12.7 Å². The summed E-state index contributed by atoms with van der Waals surface area (Å²) in [5, 5.41) is 8.75. The largest absolute Gasteiger partial charge is 0.505 e. The number of halogens is 2. The van der Waals surface area contributed by atoms with E-state index in [2.05, 4.69) is 6.58 Å². The second-order valence-corrected chi connectivity index (χ2v) is 2.04. The van der Waals surface area contributed by atoms with Crippen LogP contribution in [0.1, 0.15) is 5.56 Å². The average Bonchev–Trinajstić information content (AvgIpc) is 1.99. The number of hydrogen-bond acceptors (Lipinski definition) is 1. The van der Waals surface area contributed by atoms with E-state index < -0.39 is 17.4 Å². The molecule has 0 aromatic heterocycles. The smallest absolute Gasteiger partial charge is 0.200 e. The highest BCUT2D eigenvalue weighted by atomic mass is 19.2. The zero-order valence-corrected chi connectivity index (χ0v) is 5.64. The van der Waals surface area contributed by atoms with Crippen molar-refractivity contribution in [1.82, 2.24) is 0 Å².